The van der Waals surface area contributed by atoms with E-state index in [9.17, 15) is 9.18 Å². The predicted octanol–water partition coefficient (Wildman–Crippen LogP) is 2.46. The van der Waals surface area contributed by atoms with Gasteiger partial charge >= 0.3 is 0 Å². The molecule has 0 saturated heterocycles. The van der Waals surface area contributed by atoms with E-state index >= 15 is 0 Å². The van der Waals surface area contributed by atoms with Crippen LogP contribution in [0.25, 0.3) is 0 Å². The highest BCUT2D eigenvalue weighted by atomic mass is 32.1. The number of ether oxygens (including phenoxy) is 1. The highest BCUT2D eigenvalue weighted by Gasteiger charge is 2.12. The van der Waals surface area contributed by atoms with Crippen LogP contribution >= 0.6 is 11.3 Å². The van der Waals surface area contributed by atoms with E-state index in [2.05, 4.69) is 17.2 Å². The van der Waals surface area contributed by atoms with Gasteiger partial charge in [-0.15, -0.1) is 11.3 Å². The number of carbonyl (C=O) groups is 1. The van der Waals surface area contributed by atoms with Crippen molar-refractivity contribution in [1.29, 1.82) is 0 Å². The van der Waals surface area contributed by atoms with Gasteiger partial charge in [0.1, 0.15) is 11.6 Å². The van der Waals surface area contributed by atoms with E-state index in [-0.39, 0.29) is 12.2 Å². The zero-order chi connectivity index (χ0) is 15.2. The van der Waals surface area contributed by atoms with Crippen molar-refractivity contribution in [1.82, 2.24) is 0 Å². The number of anilines is 1. The van der Waals surface area contributed by atoms with Crippen LogP contribution in [0.3, 0.4) is 0 Å². The average molecular weight is 304 g/mol. The number of amides is 1. The zero-order valence-electron chi connectivity index (χ0n) is 11.3. The third kappa shape index (κ3) is 3.81. The summed E-state index contributed by atoms with van der Waals surface area (Å²) in [5.74, 6) is 5.10. The summed E-state index contributed by atoms with van der Waals surface area (Å²) in [6, 6.07) is 7.51. The van der Waals surface area contributed by atoms with E-state index in [1.165, 1.54) is 36.6 Å². The molecule has 0 aliphatic carbocycles. The molecule has 0 fully saturated rings. The fourth-order valence-corrected chi connectivity index (χ4v) is 2.35. The molecule has 3 N–H and O–H groups in total. The van der Waals surface area contributed by atoms with Gasteiger partial charge in [0.05, 0.1) is 29.1 Å². The average Bonchev–Trinajstić information content (AvgIpc) is 2.96. The minimum absolute atomic E-state index is 0.0716. The number of thiophene rings is 1. The normalized spacial score (nSPS) is 9.67. The maximum absolute atomic E-state index is 13.7. The van der Waals surface area contributed by atoms with Crippen LogP contribution < -0.4 is 15.8 Å². The Bertz CT molecular complexity index is 716. The molecule has 21 heavy (non-hydrogen) atoms. The number of nitrogens with one attached hydrogen (secondary N) is 1. The summed E-state index contributed by atoms with van der Waals surface area (Å²) in [5.41, 5.74) is 5.36. The number of rotatable bonds is 3. The fraction of sp³-hybridized carbons (Fsp3) is 0.133. The number of nitrogens with two attached hydrogens (primary N) is 1. The van der Waals surface area contributed by atoms with Gasteiger partial charge < -0.3 is 15.8 Å². The minimum atomic E-state index is -0.524. The first-order valence-corrected chi connectivity index (χ1v) is 6.89. The molecule has 0 unspecified atom stereocenters. The van der Waals surface area contributed by atoms with Gasteiger partial charge in [0.25, 0.3) is 5.91 Å². The van der Waals surface area contributed by atoms with Crippen molar-refractivity contribution >= 4 is 22.9 Å². The molecule has 2 aromatic rings. The molecule has 0 spiro atoms. The predicted molar refractivity (Wildman–Crippen MR) is 81.2 cm³/mol. The van der Waals surface area contributed by atoms with Gasteiger partial charge in [-0.25, -0.2) is 4.39 Å². The Hall–Kier alpha value is -2.36. The number of hydrogen-bond donors (Lipinski definition) is 2. The van der Waals surface area contributed by atoms with Crippen molar-refractivity contribution in [3.8, 4) is 17.6 Å². The molecule has 1 aromatic heterocycles. The molecule has 1 aromatic carbocycles. The first-order chi connectivity index (χ1) is 10.1. The van der Waals surface area contributed by atoms with Gasteiger partial charge in [0.2, 0.25) is 0 Å². The lowest BCUT2D eigenvalue weighted by molar-refractivity contribution is 0.103. The Morgan fingerprint density at radius 2 is 2.24 bits per heavy atom. The number of benzene rings is 1. The Morgan fingerprint density at radius 3 is 2.95 bits per heavy atom. The van der Waals surface area contributed by atoms with Crippen molar-refractivity contribution in [3.63, 3.8) is 0 Å². The lowest BCUT2D eigenvalue weighted by Gasteiger charge is -2.07. The van der Waals surface area contributed by atoms with Crippen LogP contribution in [0.2, 0.25) is 0 Å². The van der Waals surface area contributed by atoms with Gasteiger partial charge in [0.15, 0.2) is 0 Å². The summed E-state index contributed by atoms with van der Waals surface area (Å²) in [4.78, 5) is 13.2. The van der Waals surface area contributed by atoms with Crippen molar-refractivity contribution in [3.05, 3.63) is 45.9 Å². The lowest BCUT2D eigenvalue weighted by atomic mass is 10.2. The number of halogens is 1. The first kappa shape index (κ1) is 15.0. The number of methoxy groups -OCH3 is 1. The molecular weight excluding hydrogens is 291 g/mol. The maximum Gasteiger partial charge on any atom is 0.265 e. The van der Waals surface area contributed by atoms with Crippen LogP contribution in [-0.4, -0.2) is 19.6 Å². The number of hydrogen-bond acceptors (Lipinski definition) is 4. The molecule has 108 valence electrons. The topological polar surface area (TPSA) is 64.3 Å². The summed E-state index contributed by atoms with van der Waals surface area (Å²) in [7, 11) is 1.47. The largest absolute Gasteiger partial charge is 0.497 e. The second-order valence-corrected chi connectivity index (χ2v) is 5.05. The van der Waals surface area contributed by atoms with E-state index in [0.717, 1.165) is 4.88 Å². The molecular formula is C15H13FN2O2S. The van der Waals surface area contributed by atoms with E-state index < -0.39 is 11.7 Å². The maximum atomic E-state index is 13.7. The second kappa shape index (κ2) is 6.88. The second-order valence-electron chi connectivity index (χ2n) is 3.97. The van der Waals surface area contributed by atoms with Gasteiger partial charge in [-0.05, 0) is 24.3 Å². The van der Waals surface area contributed by atoms with Gasteiger partial charge in [-0.3, -0.25) is 4.79 Å². The van der Waals surface area contributed by atoms with Crippen LogP contribution in [0.1, 0.15) is 14.5 Å². The molecule has 4 nitrogen and oxygen atoms in total. The third-order valence-corrected chi connectivity index (χ3v) is 3.56. The molecule has 0 aliphatic rings. The summed E-state index contributed by atoms with van der Waals surface area (Å²) < 4.78 is 18.7. The molecule has 6 heteroatoms. The molecule has 1 heterocycles. The summed E-state index contributed by atoms with van der Waals surface area (Å²) in [6.45, 7) is 0.258. The van der Waals surface area contributed by atoms with Crippen molar-refractivity contribution < 1.29 is 13.9 Å². The Balaban J connectivity index is 2.16. The number of carbonyl (C=O) groups excluding carboxylic acids is 1. The van der Waals surface area contributed by atoms with Crippen molar-refractivity contribution in [2.45, 2.75) is 0 Å². The van der Waals surface area contributed by atoms with E-state index in [0.29, 0.717) is 10.6 Å². The van der Waals surface area contributed by atoms with Crippen LogP contribution in [0, 0.1) is 17.7 Å². The van der Waals surface area contributed by atoms with Crippen molar-refractivity contribution in [2.24, 2.45) is 5.73 Å². The molecule has 0 saturated carbocycles. The van der Waals surface area contributed by atoms with Gasteiger partial charge in [-0.2, -0.15) is 0 Å². The summed E-state index contributed by atoms with van der Waals surface area (Å²) in [5, 5.41) is 2.51. The summed E-state index contributed by atoms with van der Waals surface area (Å²) in [6.07, 6.45) is 0. The molecule has 0 atom stereocenters. The monoisotopic (exact) mass is 304 g/mol. The SMILES string of the molecule is COc1ccc(F)c(NC(=O)c2ccc(C#CCN)s2)c1. The Labute approximate surface area is 125 Å². The van der Waals surface area contributed by atoms with E-state index in [1.54, 1.807) is 12.1 Å². The van der Waals surface area contributed by atoms with Crippen LogP contribution in [0.4, 0.5) is 10.1 Å². The lowest BCUT2D eigenvalue weighted by Crippen LogP contribution is -2.11. The molecule has 0 aliphatic heterocycles. The van der Waals surface area contributed by atoms with Crippen LogP contribution in [0.5, 0.6) is 5.75 Å². The van der Waals surface area contributed by atoms with E-state index in [1.807, 2.05) is 0 Å². The van der Waals surface area contributed by atoms with E-state index in [4.69, 9.17) is 10.5 Å². The fourth-order valence-electron chi connectivity index (χ4n) is 1.58. The van der Waals surface area contributed by atoms with Crippen LogP contribution in [-0.2, 0) is 0 Å². The van der Waals surface area contributed by atoms with Gasteiger partial charge in [-0.1, -0.05) is 11.8 Å². The third-order valence-electron chi connectivity index (χ3n) is 2.57. The quantitative estimate of drug-likeness (QED) is 0.856. The molecule has 1 amide bonds. The summed E-state index contributed by atoms with van der Waals surface area (Å²) >= 11 is 1.22. The smallest absolute Gasteiger partial charge is 0.265 e. The minimum Gasteiger partial charge on any atom is -0.497 e. The van der Waals surface area contributed by atoms with Crippen molar-refractivity contribution in [2.75, 3.05) is 19.0 Å². The standard InChI is InChI=1S/C15H13FN2O2S/c1-20-10-4-6-12(16)13(9-10)18-15(19)14-7-5-11(21-14)3-2-8-17/h4-7,9H,8,17H2,1H3,(H,18,19). The first-order valence-electron chi connectivity index (χ1n) is 6.07. The highest BCUT2D eigenvalue weighted by Crippen LogP contribution is 2.23. The zero-order valence-corrected chi connectivity index (χ0v) is 12.1. The molecule has 0 radical (unpaired) electrons. The van der Waals surface area contributed by atoms with Crippen LogP contribution in [0.15, 0.2) is 30.3 Å². The Morgan fingerprint density at radius 1 is 1.43 bits per heavy atom. The molecule has 2 rings (SSSR count). The van der Waals surface area contributed by atoms with Gasteiger partial charge in [0, 0.05) is 6.07 Å². The highest BCUT2D eigenvalue weighted by molar-refractivity contribution is 7.14. The Kier molecular flexibility index (Phi) is 4.93. The molecule has 0 bridgehead atoms.